The summed E-state index contributed by atoms with van der Waals surface area (Å²) < 4.78 is 6.92. The van der Waals surface area contributed by atoms with Crippen LogP contribution in [-0.4, -0.2) is 11.6 Å². The molecule has 0 saturated heterocycles. The molecule has 0 atom stereocenters. The van der Waals surface area contributed by atoms with Crippen LogP contribution in [0.1, 0.15) is 10.4 Å². The fraction of sp³-hybridized carbons (Fsp3) is 0.214. The Labute approximate surface area is 103 Å². The molecular formula is C14H11NOS. The van der Waals surface area contributed by atoms with Crippen molar-refractivity contribution in [3.8, 4) is 5.75 Å². The summed E-state index contributed by atoms with van der Waals surface area (Å²) >= 11 is 1.81. The van der Waals surface area contributed by atoms with Gasteiger partial charge in [-0.1, -0.05) is 0 Å². The van der Waals surface area contributed by atoms with Gasteiger partial charge in [0.1, 0.15) is 5.75 Å². The summed E-state index contributed by atoms with van der Waals surface area (Å²) in [5.74, 6) is 1.05. The second-order valence-electron chi connectivity index (χ2n) is 4.48. The molecule has 17 heavy (non-hydrogen) atoms. The van der Waals surface area contributed by atoms with Crippen LogP contribution >= 0.6 is 11.3 Å². The van der Waals surface area contributed by atoms with Gasteiger partial charge in [-0.15, -0.1) is 11.3 Å². The molecule has 0 saturated carbocycles. The van der Waals surface area contributed by atoms with Crippen LogP contribution in [0.3, 0.4) is 0 Å². The summed E-state index contributed by atoms with van der Waals surface area (Å²) in [6.07, 6.45) is 3.00. The molecule has 0 N–H and O–H groups in total. The van der Waals surface area contributed by atoms with E-state index in [4.69, 9.17) is 4.74 Å². The lowest BCUT2D eigenvalue weighted by atomic mass is 10.1. The Kier molecular flexibility index (Phi) is 1.77. The van der Waals surface area contributed by atoms with Crippen LogP contribution in [0.5, 0.6) is 5.75 Å². The molecular weight excluding hydrogens is 230 g/mol. The second kappa shape index (κ2) is 3.20. The van der Waals surface area contributed by atoms with Crippen molar-refractivity contribution in [3.63, 3.8) is 0 Å². The highest BCUT2D eigenvalue weighted by Gasteiger charge is 2.15. The first-order valence-electron chi connectivity index (χ1n) is 5.76. The van der Waals surface area contributed by atoms with E-state index in [1.165, 1.54) is 25.9 Å². The average Bonchev–Trinajstić information content (AvgIpc) is 2.90. The first-order chi connectivity index (χ1) is 8.31. The fourth-order valence-electron chi connectivity index (χ4n) is 2.48. The minimum atomic E-state index is 0.811. The third-order valence-corrected chi connectivity index (χ3v) is 4.36. The van der Waals surface area contributed by atoms with Crippen molar-refractivity contribution in [1.82, 2.24) is 4.98 Å². The van der Waals surface area contributed by atoms with E-state index in [9.17, 15) is 0 Å². The van der Waals surface area contributed by atoms with Crippen LogP contribution in [0.15, 0.2) is 24.4 Å². The molecule has 0 spiro atoms. The van der Waals surface area contributed by atoms with Gasteiger partial charge in [0.25, 0.3) is 0 Å². The maximum absolute atomic E-state index is 5.65. The number of aromatic nitrogens is 1. The lowest BCUT2D eigenvalue weighted by molar-refractivity contribution is 0.357. The van der Waals surface area contributed by atoms with Crippen LogP contribution in [0.25, 0.3) is 21.0 Å². The normalized spacial score (nSPS) is 14.2. The molecule has 3 aromatic rings. The maximum Gasteiger partial charge on any atom is 0.123 e. The van der Waals surface area contributed by atoms with Gasteiger partial charge < -0.3 is 4.74 Å². The van der Waals surface area contributed by atoms with E-state index in [1.54, 1.807) is 0 Å². The van der Waals surface area contributed by atoms with E-state index < -0.39 is 0 Å². The lowest BCUT2D eigenvalue weighted by Crippen LogP contribution is -1.85. The Morgan fingerprint density at radius 1 is 1.29 bits per heavy atom. The highest BCUT2D eigenvalue weighted by molar-refractivity contribution is 7.19. The summed E-state index contributed by atoms with van der Waals surface area (Å²) in [4.78, 5) is 5.83. The van der Waals surface area contributed by atoms with Crippen molar-refractivity contribution in [1.29, 1.82) is 0 Å². The second-order valence-corrected chi connectivity index (χ2v) is 5.73. The molecule has 3 heterocycles. The van der Waals surface area contributed by atoms with E-state index in [2.05, 4.69) is 30.1 Å². The van der Waals surface area contributed by atoms with Crippen molar-refractivity contribution in [2.45, 2.75) is 13.3 Å². The number of thiophene rings is 1. The quantitative estimate of drug-likeness (QED) is 0.599. The van der Waals surface area contributed by atoms with Gasteiger partial charge in [-0.05, 0) is 30.7 Å². The SMILES string of the molecule is Cc1cc2ncc3cc4c(cc3c2s1)OCC4. The molecule has 0 bridgehead atoms. The van der Waals surface area contributed by atoms with Gasteiger partial charge in [0.05, 0.1) is 16.8 Å². The zero-order chi connectivity index (χ0) is 11.4. The molecule has 0 amide bonds. The number of ether oxygens (including phenoxy) is 1. The standard InChI is InChI=1S/C14H11NOS/c1-8-4-12-14(17-8)11-6-13-9(2-3-16-13)5-10(11)7-15-12/h4-7H,2-3H2,1H3. The van der Waals surface area contributed by atoms with E-state index in [1.807, 2.05) is 17.5 Å². The molecule has 84 valence electrons. The molecule has 3 heteroatoms. The zero-order valence-electron chi connectivity index (χ0n) is 9.49. The van der Waals surface area contributed by atoms with Gasteiger partial charge in [0.15, 0.2) is 0 Å². The van der Waals surface area contributed by atoms with E-state index >= 15 is 0 Å². The van der Waals surface area contributed by atoms with Crippen molar-refractivity contribution in [3.05, 3.63) is 34.8 Å². The molecule has 0 fully saturated rings. The number of fused-ring (bicyclic) bond motifs is 4. The van der Waals surface area contributed by atoms with Crippen LogP contribution < -0.4 is 4.74 Å². The number of hydrogen-bond acceptors (Lipinski definition) is 3. The van der Waals surface area contributed by atoms with E-state index in [0.29, 0.717) is 0 Å². The molecule has 1 aliphatic heterocycles. The largest absolute Gasteiger partial charge is 0.493 e. The smallest absolute Gasteiger partial charge is 0.123 e. The van der Waals surface area contributed by atoms with Gasteiger partial charge in [-0.25, -0.2) is 0 Å². The number of rotatable bonds is 0. The minimum Gasteiger partial charge on any atom is -0.493 e. The first-order valence-corrected chi connectivity index (χ1v) is 6.57. The van der Waals surface area contributed by atoms with Gasteiger partial charge in [0.2, 0.25) is 0 Å². The predicted molar refractivity (Wildman–Crippen MR) is 71.1 cm³/mol. The highest BCUT2D eigenvalue weighted by atomic mass is 32.1. The van der Waals surface area contributed by atoms with Crippen LogP contribution in [0.4, 0.5) is 0 Å². The van der Waals surface area contributed by atoms with Crippen molar-refractivity contribution in [2.24, 2.45) is 0 Å². The van der Waals surface area contributed by atoms with Gasteiger partial charge in [-0.3, -0.25) is 4.98 Å². The monoisotopic (exact) mass is 241 g/mol. The maximum atomic E-state index is 5.65. The third-order valence-electron chi connectivity index (χ3n) is 3.28. The van der Waals surface area contributed by atoms with Crippen LogP contribution in [0, 0.1) is 6.92 Å². The van der Waals surface area contributed by atoms with Gasteiger partial charge in [-0.2, -0.15) is 0 Å². The number of hydrogen-bond donors (Lipinski definition) is 0. The van der Waals surface area contributed by atoms with Crippen molar-refractivity contribution in [2.75, 3.05) is 6.61 Å². The summed E-state index contributed by atoms with van der Waals surface area (Å²) in [7, 11) is 0. The molecule has 1 aliphatic rings. The van der Waals surface area contributed by atoms with Crippen LogP contribution in [0.2, 0.25) is 0 Å². The summed E-state index contributed by atoms with van der Waals surface area (Å²) in [6, 6.07) is 6.55. The van der Waals surface area contributed by atoms with Gasteiger partial charge >= 0.3 is 0 Å². The summed E-state index contributed by atoms with van der Waals surface area (Å²) in [5.41, 5.74) is 2.41. The zero-order valence-corrected chi connectivity index (χ0v) is 10.3. The minimum absolute atomic E-state index is 0.811. The van der Waals surface area contributed by atoms with Crippen LogP contribution in [-0.2, 0) is 6.42 Å². The van der Waals surface area contributed by atoms with E-state index in [-0.39, 0.29) is 0 Å². The third kappa shape index (κ3) is 1.29. The summed E-state index contributed by atoms with van der Waals surface area (Å²) in [6.45, 7) is 2.94. The van der Waals surface area contributed by atoms with E-state index in [0.717, 1.165) is 24.3 Å². The van der Waals surface area contributed by atoms with Crippen molar-refractivity contribution >= 4 is 32.3 Å². The Morgan fingerprint density at radius 2 is 2.24 bits per heavy atom. The summed E-state index contributed by atoms with van der Waals surface area (Å²) in [5, 5.41) is 2.50. The Morgan fingerprint density at radius 3 is 3.18 bits per heavy atom. The predicted octanol–water partition coefficient (Wildman–Crippen LogP) is 3.69. The number of pyridine rings is 1. The van der Waals surface area contributed by atoms with Gasteiger partial charge in [0, 0.05) is 28.3 Å². The molecule has 1 aromatic carbocycles. The number of aryl methyl sites for hydroxylation is 1. The van der Waals surface area contributed by atoms with Crippen molar-refractivity contribution < 1.29 is 4.74 Å². The first kappa shape index (κ1) is 9.42. The molecule has 4 rings (SSSR count). The molecule has 0 unspecified atom stereocenters. The highest BCUT2D eigenvalue weighted by Crippen LogP contribution is 2.36. The Bertz CT molecular complexity index is 745. The molecule has 2 aromatic heterocycles. The Hall–Kier alpha value is -1.61. The molecule has 0 aliphatic carbocycles. The molecule has 0 radical (unpaired) electrons. The topological polar surface area (TPSA) is 22.1 Å². The number of benzene rings is 1. The average molecular weight is 241 g/mol. The lowest BCUT2D eigenvalue weighted by Gasteiger charge is -2.03. The number of nitrogens with zero attached hydrogens (tertiary/aromatic N) is 1. The Balaban J connectivity index is 2.18. The fourth-order valence-corrected chi connectivity index (χ4v) is 3.47. The molecule has 2 nitrogen and oxygen atoms in total.